The van der Waals surface area contributed by atoms with Crippen LogP contribution in [0.25, 0.3) is 0 Å². The minimum Gasteiger partial charge on any atom is -0.467 e. The Bertz CT molecular complexity index is 554. The van der Waals surface area contributed by atoms with Crippen LogP contribution in [0.2, 0.25) is 0 Å². The highest BCUT2D eigenvalue weighted by Crippen LogP contribution is 2.33. The van der Waals surface area contributed by atoms with Gasteiger partial charge in [-0.1, -0.05) is 25.1 Å². The van der Waals surface area contributed by atoms with Crippen molar-refractivity contribution in [3.63, 3.8) is 0 Å². The Labute approximate surface area is 116 Å². The maximum Gasteiger partial charge on any atom is 0.339 e. The highest BCUT2D eigenvalue weighted by Gasteiger charge is 2.30. The number of nitro benzene ring substituents is 1. The fraction of sp³-hybridized carbons (Fsp3) is 0.357. The molecule has 1 aromatic rings. The van der Waals surface area contributed by atoms with E-state index in [0.29, 0.717) is 5.56 Å². The summed E-state index contributed by atoms with van der Waals surface area (Å²) in [5.74, 6) is -0.471. The Hall–Kier alpha value is -2.21. The lowest BCUT2D eigenvalue weighted by Crippen LogP contribution is -2.31. The Morgan fingerprint density at radius 1 is 1.40 bits per heavy atom. The molecule has 0 saturated carbocycles. The van der Waals surface area contributed by atoms with E-state index in [2.05, 4.69) is 4.74 Å². The molecule has 0 aromatic heterocycles. The number of carbonyl (C=O) groups is 1. The van der Waals surface area contributed by atoms with Gasteiger partial charge in [-0.2, -0.15) is 0 Å². The van der Waals surface area contributed by atoms with Gasteiger partial charge >= 0.3 is 5.97 Å². The molecule has 0 aliphatic carbocycles. The first kappa shape index (κ1) is 14.2. The van der Waals surface area contributed by atoms with Crippen molar-refractivity contribution in [3.8, 4) is 0 Å². The molecular formula is C14H15NO5. The number of ether oxygens (including phenoxy) is 2. The number of esters is 1. The van der Waals surface area contributed by atoms with Crippen LogP contribution < -0.4 is 0 Å². The number of nitro groups is 1. The quantitative estimate of drug-likeness (QED) is 0.367. The first-order chi connectivity index (χ1) is 9.52. The molecule has 0 radical (unpaired) electrons. The highest BCUT2D eigenvalue weighted by atomic mass is 16.6. The predicted octanol–water partition coefficient (Wildman–Crippen LogP) is 2.40. The van der Waals surface area contributed by atoms with Gasteiger partial charge in [-0.05, 0) is 11.6 Å². The van der Waals surface area contributed by atoms with E-state index in [0.717, 1.165) is 0 Å². The van der Waals surface area contributed by atoms with Crippen molar-refractivity contribution >= 4 is 11.7 Å². The largest absolute Gasteiger partial charge is 0.467 e. The monoisotopic (exact) mass is 277 g/mol. The maximum absolute atomic E-state index is 11.5. The molecule has 1 heterocycles. The Balaban J connectivity index is 2.27. The van der Waals surface area contributed by atoms with E-state index in [1.807, 2.05) is 13.0 Å². The molecule has 0 saturated heterocycles. The summed E-state index contributed by atoms with van der Waals surface area (Å²) in [6.45, 7) is 1.92. The van der Waals surface area contributed by atoms with Gasteiger partial charge < -0.3 is 9.47 Å². The first-order valence-electron chi connectivity index (χ1n) is 6.19. The van der Waals surface area contributed by atoms with Gasteiger partial charge in [0.1, 0.15) is 0 Å². The van der Waals surface area contributed by atoms with E-state index in [-0.39, 0.29) is 11.6 Å². The molecule has 0 fully saturated rings. The minimum atomic E-state index is -0.777. The fourth-order valence-corrected chi connectivity index (χ4v) is 2.15. The number of carbonyl (C=O) groups excluding carboxylic acids is 1. The van der Waals surface area contributed by atoms with Crippen LogP contribution in [-0.4, -0.2) is 24.1 Å². The van der Waals surface area contributed by atoms with Crippen LogP contribution in [0.3, 0.4) is 0 Å². The molecule has 0 bridgehead atoms. The number of non-ortho nitro benzene ring substituents is 1. The number of hydrogen-bond donors (Lipinski definition) is 0. The van der Waals surface area contributed by atoms with Gasteiger partial charge in [0, 0.05) is 18.1 Å². The van der Waals surface area contributed by atoms with Crippen LogP contribution in [0.4, 0.5) is 5.69 Å². The average molecular weight is 277 g/mol. The van der Waals surface area contributed by atoms with Crippen LogP contribution >= 0.6 is 0 Å². The van der Waals surface area contributed by atoms with Gasteiger partial charge in [0.25, 0.3) is 5.69 Å². The molecule has 0 spiro atoms. The number of benzene rings is 1. The SMILES string of the molecule is COC(=O)[C@@H]1C=C[C@@H](C)[C@@H](c2cccc([N+](=O)[O-])c2)O1. The van der Waals surface area contributed by atoms with E-state index in [1.165, 1.54) is 19.2 Å². The molecule has 6 nitrogen and oxygen atoms in total. The van der Waals surface area contributed by atoms with Crippen molar-refractivity contribution in [1.82, 2.24) is 0 Å². The number of methoxy groups -OCH3 is 1. The lowest BCUT2D eigenvalue weighted by molar-refractivity contribution is -0.385. The lowest BCUT2D eigenvalue weighted by atomic mass is 9.93. The smallest absolute Gasteiger partial charge is 0.339 e. The second-order valence-electron chi connectivity index (χ2n) is 4.60. The first-order valence-corrected chi connectivity index (χ1v) is 6.19. The van der Waals surface area contributed by atoms with Gasteiger partial charge in [-0.25, -0.2) is 4.79 Å². The summed E-state index contributed by atoms with van der Waals surface area (Å²) in [5.41, 5.74) is 0.674. The molecule has 2 rings (SSSR count). The minimum absolute atomic E-state index is 0.00229. The van der Waals surface area contributed by atoms with E-state index >= 15 is 0 Å². The molecule has 1 aliphatic rings. The van der Waals surface area contributed by atoms with Crippen LogP contribution in [0.1, 0.15) is 18.6 Å². The molecule has 1 aromatic carbocycles. The van der Waals surface area contributed by atoms with Crippen LogP contribution in [-0.2, 0) is 14.3 Å². The number of rotatable bonds is 3. The van der Waals surface area contributed by atoms with Gasteiger partial charge in [0.15, 0.2) is 6.10 Å². The molecule has 106 valence electrons. The topological polar surface area (TPSA) is 78.7 Å². The molecule has 20 heavy (non-hydrogen) atoms. The third-order valence-electron chi connectivity index (χ3n) is 3.20. The lowest BCUT2D eigenvalue weighted by Gasteiger charge is -2.29. The van der Waals surface area contributed by atoms with Gasteiger partial charge in [0.05, 0.1) is 18.1 Å². The Kier molecular flexibility index (Phi) is 4.14. The van der Waals surface area contributed by atoms with Crippen molar-refractivity contribution in [2.24, 2.45) is 5.92 Å². The van der Waals surface area contributed by atoms with Crippen LogP contribution in [0.5, 0.6) is 0 Å². The molecule has 0 amide bonds. The fourth-order valence-electron chi connectivity index (χ4n) is 2.15. The third-order valence-corrected chi connectivity index (χ3v) is 3.20. The normalized spacial score (nSPS) is 25.2. The molecular weight excluding hydrogens is 262 g/mol. The summed E-state index contributed by atoms with van der Waals surface area (Å²) in [4.78, 5) is 21.9. The van der Waals surface area contributed by atoms with Crippen molar-refractivity contribution in [3.05, 3.63) is 52.1 Å². The van der Waals surface area contributed by atoms with Gasteiger partial charge in [-0.3, -0.25) is 10.1 Å². The third kappa shape index (κ3) is 2.85. The number of nitrogens with zero attached hydrogens (tertiary/aromatic N) is 1. The highest BCUT2D eigenvalue weighted by molar-refractivity contribution is 5.77. The van der Waals surface area contributed by atoms with Crippen molar-refractivity contribution in [2.75, 3.05) is 7.11 Å². The summed E-state index contributed by atoms with van der Waals surface area (Å²) >= 11 is 0. The molecule has 3 atom stereocenters. The Morgan fingerprint density at radius 2 is 2.15 bits per heavy atom. The molecule has 1 aliphatic heterocycles. The van der Waals surface area contributed by atoms with Crippen molar-refractivity contribution < 1.29 is 19.2 Å². The van der Waals surface area contributed by atoms with Crippen molar-refractivity contribution in [2.45, 2.75) is 19.1 Å². The molecule has 0 N–H and O–H groups in total. The summed E-state index contributed by atoms with van der Waals surface area (Å²) in [5, 5.41) is 10.8. The van der Waals surface area contributed by atoms with Gasteiger partial charge in [0.2, 0.25) is 0 Å². The zero-order valence-electron chi connectivity index (χ0n) is 11.2. The Morgan fingerprint density at radius 3 is 2.80 bits per heavy atom. The molecule has 6 heteroatoms. The maximum atomic E-state index is 11.5. The number of hydrogen-bond acceptors (Lipinski definition) is 5. The van der Waals surface area contributed by atoms with E-state index in [9.17, 15) is 14.9 Å². The summed E-state index contributed by atoms with van der Waals surface area (Å²) in [6.07, 6.45) is 2.31. The van der Waals surface area contributed by atoms with E-state index in [4.69, 9.17) is 4.74 Å². The second-order valence-corrected chi connectivity index (χ2v) is 4.60. The second kappa shape index (κ2) is 5.83. The van der Waals surface area contributed by atoms with Crippen molar-refractivity contribution in [1.29, 1.82) is 0 Å². The zero-order valence-corrected chi connectivity index (χ0v) is 11.2. The van der Waals surface area contributed by atoms with E-state index in [1.54, 1.807) is 18.2 Å². The predicted molar refractivity (Wildman–Crippen MR) is 71.0 cm³/mol. The van der Waals surface area contributed by atoms with Crippen LogP contribution in [0, 0.1) is 16.0 Å². The summed E-state index contributed by atoms with van der Waals surface area (Å²) in [6, 6.07) is 6.25. The van der Waals surface area contributed by atoms with Crippen LogP contribution in [0.15, 0.2) is 36.4 Å². The van der Waals surface area contributed by atoms with Gasteiger partial charge in [-0.15, -0.1) is 0 Å². The summed E-state index contributed by atoms with van der Waals surface area (Å²) < 4.78 is 10.3. The van der Waals surface area contributed by atoms with E-state index < -0.39 is 23.1 Å². The zero-order chi connectivity index (χ0) is 14.7. The molecule has 0 unspecified atom stereocenters. The standard InChI is InChI=1S/C14H15NO5/c1-9-6-7-12(14(16)19-2)20-13(9)10-4-3-5-11(8-10)15(17)18/h3-9,12-13H,1-2H3/t9-,12+,13+/m1/s1. The average Bonchev–Trinajstić information content (AvgIpc) is 2.47. The summed E-state index contributed by atoms with van der Waals surface area (Å²) in [7, 11) is 1.29.